The van der Waals surface area contributed by atoms with Gasteiger partial charge in [0, 0.05) is 24.7 Å². The van der Waals surface area contributed by atoms with Crippen LogP contribution in [0.5, 0.6) is 0 Å². The van der Waals surface area contributed by atoms with E-state index >= 15 is 0 Å². The first-order valence-corrected chi connectivity index (χ1v) is 6.84. The van der Waals surface area contributed by atoms with Crippen LogP contribution in [0.25, 0.3) is 0 Å². The lowest BCUT2D eigenvalue weighted by atomic mass is 9.94. The highest BCUT2D eigenvalue weighted by Crippen LogP contribution is 2.13. The molecule has 2 rings (SSSR count). The summed E-state index contributed by atoms with van der Waals surface area (Å²) in [7, 11) is 0. The van der Waals surface area contributed by atoms with Gasteiger partial charge in [-0.2, -0.15) is 0 Å². The minimum atomic E-state index is -0.120. The molecule has 0 radical (unpaired) electrons. The molecule has 3 nitrogen and oxygen atoms in total. The zero-order chi connectivity index (χ0) is 13.0. The maximum atomic E-state index is 11.1. The highest BCUT2D eigenvalue weighted by molar-refractivity contribution is 5.76. The van der Waals surface area contributed by atoms with Gasteiger partial charge in [0.1, 0.15) is 0 Å². The Balaban J connectivity index is 1.83. The molecule has 18 heavy (non-hydrogen) atoms. The van der Waals surface area contributed by atoms with E-state index in [1.165, 1.54) is 5.56 Å². The Morgan fingerprint density at radius 2 is 1.94 bits per heavy atom. The number of piperidine rings is 1. The molecule has 0 saturated carbocycles. The predicted molar refractivity (Wildman–Crippen MR) is 72.3 cm³/mol. The van der Waals surface area contributed by atoms with Gasteiger partial charge in [-0.25, -0.2) is 0 Å². The molecule has 0 aromatic heterocycles. The van der Waals surface area contributed by atoms with Crippen molar-refractivity contribution in [2.75, 3.05) is 19.6 Å². The molecule has 0 aliphatic carbocycles. The second kappa shape index (κ2) is 6.01. The summed E-state index contributed by atoms with van der Waals surface area (Å²) in [4.78, 5) is 12.7. The predicted octanol–water partition coefficient (Wildman–Crippen LogP) is 0.570. The van der Waals surface area contributed by atoms with Gasteiger partial charge < -0.3 is 10.6 Å². The summed E-state index contributed by atoms with van der Waals surface area (Å²) < 4.78 is 0. The van der Waals surface area contributed by atoms with Crippen molar-refractivity contribution in [1.82, 2.24) is 0 Å². The standard InChI is InChI=1S/C15H22N2O/c1-12(13-5-3-2-4-6-13)11-17-9-7-14(8-10-17)15(16)18/h2-6,12,14H,7-11H2,1H3,(H2,16,18)/p+1/t12-/m0/s1. The summed E-state index contributed by atoms with van der Waals surface area (Å²) >= 11 is 0. The van der Waals surface area contributed by atoms with E-state index in [0.29, 0.717) is 5.92 Å². The third-order valence-corrected chi connectivity index (χ3v) is 4.06. The second-order valence-corrected chi connectivity index (χ2v) is 5.44. The summed E-state index contributed by atoms with van der Waals surface area (Å²) in [5, 5.41) is 0. The normalized spacial score (nSPS) is 25.6. The molecule has 0 unspecified atom stereocenters. The third kappa shape index (κ3) is 3.33. The number of likely N-dealkylation sites (tertiary alicyclic amines) is 1. The van der Waals surface area contributed by atoms with Crippen LogP contribution in [0.15, 0.2) is 30.3 Å². The van der Waals surface area contributed by atoms with Crippen LogP contribution in [0.3, 0.4) is 0 Å². The maximum absolute atomic E-state index is 11.1. The Kier molecular flexibility index (Phi) is 4.37. The van der Waals surface area contributed by atoms with Gasteiger partial charge in [-0.15, -0.1) is 0 Å². The van der Waals surface area contributed by atoms with Crippen LogP contribution in [-0.2, 0) is 4.79 Å². The summed E-state index contributed by atoms with van der Waals surface area (Å²) in [5.74, 6) is 0.567. The summed E-state index contributed by atoms with van der Waals surface area (Å²) in [6, 6.07) is 10.6. The van der Waals surface area contributed by atoms with Gasteiger partial charge in [0.2, 0.25) is 5.91 Å². The van der Waals surface area contributed by atoms with Gasteiger partial charge in [0.15, 0.2) is 0 Å². The lowest BCUT2D eigenvalue weighted by Crippen LogP contribution is -3.13. The van der Waals surface area contributed by atoms with Crippen molar-refractivity contribution in [2.24, 2.45) is 11.7 Å². The minimum absolute atomic E-state index is 0.112. The number of quaternary nitrogens is 1. The molecule has 1 aliphatic heterocycles. The number of amides is 1. The van der Waals surface area contributed by atoms with E-state index in [9.17, 15) is 4.79 Å². The zero-order valence-electron chi connectivity index (χ0n) is 11.1. The Bertz CT molecular complexity index is 383. The van der Waals surface area contributed by atoms with Gasteiger partial charge >= 0.3 is 0 Å². The Labute approximate surface area is 109 Å². The molecule has 0 bridgehead atoms. The van der Waals surface area contributed by atoms with Gasteiger partial charge in [0.25, 0.3) is 0 Å². The van der Waals surface area contributed by atoms with Crippen molar-refractivity contribution in [3.05, 3.63) is 35.9 Å². The first-order valence-electron chi connectivity index (χ1n) is 6.84. The number of nitrogens with two attached hydrogens (primary N) is 1. The number of hydrogen-bond acceptors (Lipinski definition) is 1. The van der Waals surface area contributed by atoms with Crippen LogP contribution >= 0.6 is 0 Å². The average Bonchev–Trinajstić information content (AvgIpc) is 2.40. The quantitative estimate of drug-likeness (QED) is 0.803. The van der Waals surface area contributed by atoms with Crippen LogP contribution in [0.4, 0.5) is 0 Å². The van der Waals surface area contributed by atoms with Gasteiger partial charge in [-0.3, -0.25) is 4.79 Å². The molecule has 1 aliphatic rings. The van der Waals surface area contributed by atoms with Crippen molar-refractivity contribution >= 4 is 5.91 Å². The Hall–Kier alpha value is -1.35. The molecule has 1 atom stereocenters. The molecule has 1 heterocycles. The van der Waals surface area contributed by atoms with Crippen LogP contribution < -0.4 is 10.6 Å². The highest BCUT2D eigenvalue weighted by Gasteiger charge is 2.26. The first kappa shape index (κ1) is 13.1. The van der Waals surface area contributed by atoms with Gasteiger partial charge in [-0.05, 0) is 5.56 Å². The molecule has 0 spiro atoms. The molecular formula is C15H23N2O+. The monoisotopic (exact) mass is 247 g/mol. The van der Waals surface area contributed by atoms with Crippen molar-refractivity contribution < 1.29 is 9.69 Å². The SMILES string of the molecule is C[C@@H](C[NH+]1CCC(C(N)=O)CC1)c1ccccc1. The van der Waals surface area contributed by atoms with Crippen molar-refractivity contribution in [3.63, 3.8) is 0 Å². The van der Waals surface area contributed by atoms with Gasteiger partial charge in [-0.1, -0.05) is 37.3 Å². The number of hydrogen-bond donors (Lipinski definition) is 2. The molecule has 98 valence electrons. The number of carbonyl (C=O) groups excluding carboxylic acids is 1. The zero-order valence-corrected chi connectivity index (χ0v) is 11.1. The highest BCUT2D eigenvalue weighted by atomic mass is 16.1. The number of carbonyl (C=O) groups is 1. The van der Waals surface area contributed by atoms with Crippen molar-refractivity contribution in [2.45, 2.75) is 25.7 Å². The average molecular weight is 247 g/mol. The molecule has 3 heteroatoms. The van der Waals surface area contributed by atoms with Gasteiger partial charge in [0.05, 0.1) is 19.6 Å². The van der Waals surface area contributed by atoms with E-state index in [2.05, 4.69) is 37.3 Å². The largest absolute Gasteiger partial charge is 0.369 e. The summed E-state index contributed by atoms with van der Waals surface area (Å²) in [5.41, 5.74) is 6.76. The van der Waals surface area contributed by atoms with E-state index in [4.69, 9.17) is 5.73 Å². The summed E-state index contributed by atoms with van der Waals surface area (Å²) in [6.45, 7) is 5.58. The fourth-order valence-electron chi connectivity index (χ4n) is 2.85. The van der Waals surface area contributed by atoms with Crippen LogP contribution in [0, 0.1) is 5.92 Å². The maximum Gasteiger partial charge on any atom is 0.220 e. The third-order valence-electron chi connectivity index (χ3n) is 4.06. The summed E-state index contributed by atoms with van der Waals surface area (Å²) in [6.07, 6.45) is 1.90. The number of primary amides is 1. The van der Waals surface area contributed by atoms with E-state index < -0.39 is 0 Å². The fourth-order valence-corrected chi connectivity index (χ4v) is 2.85. The van der Waals surface area contributed by atoms with E-state index in [1.54, 1.807) is 4.90 Å². The smallest absolute Gasteiger partial charge is 0.220 e. The molecule has 3 N–H and O–H groups in total. The van der Waals surface area contributed by atoms with Crippen LogP contribution in [-0.4, -0.2) is 25.5 Å². The number of benzene rings is 1. The minimum Gasteiger partial charge on any atom is -0.369 e. The molecule has 1 aromatic carbocycles. The Morgan fingerprint density at radius 3 is 2.50 bits per heavy atom. The second-order valence-electron chi connectivity index (χ2n) is 5.44. The molecule has 1 saturated heterocycles. The molecule has 1 amide bonds. The van der Waals surface area contributed by atoms with Crippen LogP contribution in [0.1, 0.15) is 31.2 Å². The lowest BCUT2D eigenvalue weighted by Gasteiger charge is -2.29. The lowest BCUT2D eigenvalue weighted by molar-refractivity contribution is -0.907. The van der Waals surface area contributed by atoms with E-state index in [-0.39, 0.29) is 11.8 Å². The molecule has 1 fully saturated rings. The molecular weight excluding hydrogens is 224 g/mol. The molecule has 1 aromatic rings. The topological polar surface area (TPSA) is 47.5 Å². The van der Waals surface area contributed by atoms with E-state index in [1.807, 2.05) is 0 Å². The number of nitrogens with one attached hydrogen (secondary N) is 1. The fraction of sp³-hybridized carbons (Fsp3) is 0.533. The Morgan fingerprint density at radius 1 is 1.33 bits per heavy atom. The van der Waals surface area contributed by atoms with Crippen LogP contribution in [0.2, 0.25) is 0 Å². The number of rotatable bonds is 4. The van der Waals surface area contributed by atoms with Crippen molar-refractivity contribution in [3.8, 4) is 0 Å². The van der Waals surface area contributed by atoms with Crippen molar-refractivity contribution in [1.29, 1.82) is 0 Å². The first-order chi connectivity index (χ1) is 8.66. The van der Waals surface area contributed by atoms with E-state index in [0.717, 1.165) is 32.5 Å².